The van der Waals surface area contributed by atoms with Gasteiger partial charge in [-0.05, 0) is 52.4 Å². The van der Waals surface area contributed by atoms with E-state index in [1.54, 1.807) is 0 Å². The van der Waals surface area contributed by atoms with Crippen molar-refractivity contribution in [2.45, 2.75) is 25.3 Å². The van der Waals surface area contributed by atoms with Crippen molar-refractivity contribution in [3.05, 3.63) is 0 Å². The van der Waals surface area contributed by atoms with Crippen LogP contribution in [0.25, 0.3) is 0 Å². The van der Waals surface area contributed by atoms with Gasteiger partial charge in [0.15, 0.2) is 0 Å². The fourth-order valence-corrected chi connectivity index (χ4v) is 3.20. The van der Waals surface area contributed by atoms with Gasteiger partial charge in [-0.25, -0.2) is 0 Å². The van der Waals surface area contributed by atoms with Gasteiger partial charge in [0, 0.05) is 25.7 Å². The van der Waals surface area contributed by atoms with Crippen molar-refractivity contribution in [1.82, 2.24) is 15.1 Å². The van der Waals surface area contributed by atoms with Crippen LogP contribution in [0, 0.1) is 5.92 Å². The number of rotatable bonds is 3. The van der Waals surface area contributed by atoms with E-state index in [2.05, 4.69) is 22.2 Å². The van der Waals surface area contributed by atoms with Gasteiger partial charge in [-0.3, -0.25) is 0 Å². The molecule has 0 radical (unpaired) electrons. The van der Waals surface area contributed by atoms with Gasteiger partial charge in [0.25, 0.3) is 0 Å². The molecule has 2 heterocycles. The molecular weight excluding hydrogens is 186 g/mol. The molecule has 0 spiro atoms. The van der Waals surface area contributed by atoms with Crippen LogP contribution < -0.4 is 5.32 Å². The molecule has 1 N–H and O–H groups in total. The van der Waals surface area contributed by atoms with Gasteiger partial charge in [0.1, 0.15) is 0 Å². The first kappa shape index (κ1) is 11.4. The van der Waals surface area contributed by atoms with Crippen molar-refractivity contribution in [2.75, 3.05) is 46.8 Å². The third-order valence-corrected chi connectivity index (χ3v) is 4.11. The summed E-state index contributed by atoms with van der Waals surface area (Å²) in [7, 11) is 4.35. The lowest BCUT2D eigenvalue weighted by Gasteiger charge is -2.46. The summed E-state index contributed by atoms with van der Waals surface area (Å²) in [6.07, 6.45) is 4.23. The van der Waals surface area contributed by atoms with Gasteiger partial charge in [0.05, 0.1) is 0 Å². The highest BCUT2D eigenvalue weighted by Gasteiger charge is 2.33. The Morgan fingerprint density at radius 1 is 1.27 bits per heavy atom. The van der Waals surface area contributed by atoms with Crippen molar-refractivity contribution in [1.29, 1.82) is 0 Å². The molecule has 2 aliphatic rings. The zero-order chi connectivity index (χ0) is 10.7. The standard InChI is InChI=1S/C12H25N3/c1-13-6-9-15-8-5-12-11(10-15)4-3-7-14(12)2/h11-13H,3-10H2,1-2H3. The SMILES string of the molecule is CNCCN1CCC2C(CCCN2C)C1. The van der Waals surface area contributed by atoms with Gasteiger partial charge < -0.3 is 15.1 Å². The smallest absolute Gasteiger partial charge is 0.0145 e. The molecule has 0 bridgehead atoms. The molecule has 3 heteroatoms. The van der Waals surface area contributed by atoms with Crippen molar-refractivity contribution >= 4 is 0 Å². The molecule has 2 atom stereocenters. The van der Waals surface area contributed by atoms with Crippen LogP contribution in [-0.4, -0.2) is 62.7 Å². The van der Waals surface area contributed by atoms with E-state index in [-0.39, 0.29) is 0 Å². The zero-order valence-electron chi connectivity index (χ0n) is 10.2. The molecule has 2 unspecified atom stereocenters. The van der Waals surface area contributed by atoms with Crippen molar-refractivity contribution in [3.63, 3.8) is 0 Å². The summed E-state index contributed by atoms with van der Waals surface area (Å²) in [6, 6.07) is 0.879. The molecular formula is C12H25N3. The summed E-state index contributed by atoms with van der Waals surface area (Å²) in [5.74, 6) is 0.939. The van der Waals surface area contributed by atoms with Crippen molar-refractivity contribution < 1.29 is 0 Å². The lowest BCUT2D eigenvalue weighted by molar-refractivity contribution is 0.0393. The third-order valence-electron chi connectivity index (χ3n) is 4.11. The minimum atomic E-state index is 0.879. The maximum absolute atomic E-state index is 3.24. The highest BCUT2D eigenvalue weighted by Crippen LogP contribution is 2.29. The number of piperidine rings is 2. The molecule has 0 aromatic heterocycles. The zero-order valence-corrected chi connectivity index (χ0v) is 10.2. The van der Waals surface area contributed by atoms with Crippen LogP contribution in [0.4, 0.5) is 0 Å². The van der Waals surface area contributed by atoms with Crippen LogP contribution in [0.1, 0.15) is 19.3 Å². The van der Waals surface area contributed by atoms with Crippen LogP contribution in [0.15, 0.2) is 0 Å². The maximum Gasteiger partial charge on any atom is 0.0145 e. The molecule has 0 saturated carbocycles. The monoisotopic (exact) mass is 211 g/mol. The van der Waals surface area contributed by atoms with E-state index >= 15 is 0 Å². The Bertz CT molecular complexity index is 195. The first-order chi connectivity index (χ1) is 7.31. The Labute approximate surface area is 93.8 Å². The first-order valence-corrected chi connectivity index (χ1v) is 6.38. The Morgan fingerprint density at radius 3 is 2.93 bits per heavy atom. The predicted octanol–water partition coefficient (Wildman–Crippen LogP) is 0.622. The lowest BCUT2D eigenvalue weighted by atomic mass is 9.84. The molecule has 0 aromatic rings. The summed E-state index contributed by atoms with van der Waals surface area (Å²) < 4.78 is 0. The number of hydrogen-bond donors (Lipinski definition) is 1. The van der Waals surface area contributed by atoms with Crippen LogP contribution in [0.2, 0.25) is 0 Å². The minimum Gasteiger partial charge on any atom is -0.318 e. The van der Waals surface area contributed by atoms with Crippen LogP contribution in [0.3, 0.4) is 0 Å². The van der Waals surface area contributed by atoms with E-state index in [9.17, 15) is 0 Å². The van der Waals surface area contributed by atoms with E-state index < -0.39 is 0 Å². The van der Waals surface area contributed by atoms with Gasteiger partial charge in [-0.1, -0.05) is 0 Å². The summed E-state index contributed by atoms with van der Waals surface area (Å²) in [5, 5.41) is 3.24. The molecule has 0 aliphatic carbocycles. The van der Waals surface area contributed by atoms with E-state index in [4.69, 9.17) is 0 Å². The fraction of sp³-hybridized carbons (Fsp3) is 1.00. The average molecular weight is 211 g/mol. The quantitative estimate of drug-likeness (QED) is 0.738. The van der Waals surface area contributed by atoms with Crippen molar-refractivity contribution in [3.8, 4) is 0 Å². The maximum atomic E-state index is 3.24. The first-order valence-electron chi connectivity index (χ1n) is 6.38. The molecule has 88 valence electrons. The molecule has 3 nitrogen and oxygen atoms in total. The summed E-state index contributed by atoms with van der Waals surface area (Å²) in [4.78, 5) is 5.22. The predicted molar refractivity (Wildman–Crippen MR) is 64.1 cm³/mol. The summed E-state index contributed by atoms with van der Waals surface area (Å²) in [6.45, 7) is 6.30. The Morgan fingerprint density at radius 2 is 2.13 bits per heavy atom. The van der Waals surface area contributed by atoms with Gasteiger partial charge in [-0.2, -0.15) is 0 Å². The van der Waals surface area contributed by atoms with Gasteiger partial charge in [0.2, 0.25) is 0 Å². The second-order valence-electron chi connectivity index (χ2n) is 5.14. The van der Waals surface area contributed by atoms with Crippen molar-refractivity contribution in [2.24, 2.45) is 5.92 Å². The molecule has 2 fully saturated rings. The van der Waals surface area contributed by atoms with Gasteiger partial charge >= 0.3 is 0 Å². The van der Waals surface area contributed by atoms with E-state index in [0.717, 1.165) is 18.5 Å². The molecule has 2 saturated heterocycles. The minimum absolute atomic E-state index is 0.879. The Balaban J connectivity index is 1.83. The van der Waals surface area contributed by atoms with E-state index in [1.165, 1.54) is 45.4 Å². The number of likely N-dealkylation sites (N-methyl/N-ethyl adjacent to an activating group) is 1. The molecule has 0 amide bonds. The van der Waals surface area contributed by atoms with Crippen LogP contribution in [0.5, 0.6) is 0 Å². The number of nitrogens with one attached hydrogen (secondary N) is 1. The summed E-state index contributed by atoms with van der Waals surface area (Å²) in [5.41, 5.74) is 0. The third kappa shape index (κ3) is 2.71. The topological polar surface area (TPSA) is 18.5 Å². The van der Waals surface area contributed by atoms with Crippen LogP contribution in [-0.2, 0) is 0 Å². The normalized spacial score (nSPS) is 34.0. The number of likely N-dealkylation sites (tertiary alicyclic amines) is 2. The molecule has 2 aliphatic heterocycles. The van der Waals surface area contributed by atoms with Gasteiger partial charge in [-0.15, -0.1) is 0 Å². The Hall–Kier alpha value is -0.120. The highest BCUT2D eigenvalue weighted by atomic mass is 15.2. The number of fused-ring (bicyclic) bond motifs is 1. The average Bonchev–Trinajstić information content (AvgIpc) is 2.26. The van der Waals surface area contributed by atoms with Crippen LogP contribution >= 0.6 is 0 Å². The molecule has 0 aromatic carbocycles. The lowest BCUT2D eigenvalue weighted by Crippen LogP contribution is -2.53. The van der Waals surface area contributed by atoms with E-state index in [1.807, 2.05) is 7.05 Å². The van der Waals surface area contributed by atoms with E-state index in [0.29, 0.717) is 0 Å². The second-order valence-corrected chi connectivity index (χ2v) is 5.14. The second kappa shape index (κ2) is 5.28. The largest absolute Gasteiger partial charge is 0.318 e. The highest BCUT2D eigenvalue weighted by molar-refractivity contribution is 4.89. The molecule has 2 rings (SSSR count). The molecule has 15 heavy (non-hydrogen) atoms. The Kier molecular flexibility index (Phi) is 4.00. The number of hydrogen-bond acceptors (Lipinski definition) is 3. The summed E-state index contributed by atoms with van der Waals surface area (Å²) >= 11 is 0. The number of nitrogens with zero attached hydrogens (tertiary/aromatic N) is 2. The fourth-order valence-electron chi connectivity index (χ4n) is 3.20.